The summed E-state index contributed by atoms with van der Waals surface area (Å²) in [6.07, 6.45) is 2.35. The Morgan fingerprint density at radius 2 is 2.00 bits per heavy atom. The van der Waals surface area contributed by atoms with Crippen molar-refractivity contribution in [1.82, 2.24) is 10.3 Å². The monoisotopic (exact) mass is 269 g/mol. The molecule has 1 rings (SSSR count). The van der Waals surface area contributed by atoms with Crippen molar-refractivity contribution in [2.24, 2.45) is 5.92 Å². The molecule has 0 saturated carbocycles. The second-order valence-electron chi connectivity index (χ2n) is 5.23. The summed E-state index contributed by atoms with van der Waals surface area (Å²) in [6, 6.07) is 0.604. The third-order valence-electron chi connectivity index (χ3n) is 3.19. The fraction of sp³-hybridized carbons (Fsp3) is 0.786. The van der Waals surface area contributed by atoms with Gasteiger partial charge in [-0.3, -0.25) is 0 Å². The highest BCUT2D eigenvalue weighted by atomic mass is 32.1. The molecule has 0 radical (unpaired) electrons. The molecule has 0 unspecified atom stereocenters. The van der Waals surface area contributed by atoms with Crippen molar-refractivity contribution in [3.05, 3.63) is 11.1 Å². The first-order chi connectivity index (χ1) is 8.58. The maximum atomic E-state index is 4.71. The van der Waals surface area contributed by atoms with Gasteiger partial charge < -0.3 is 10.2 Å². The molecule has 0 spiro atoms. The van der Waals surface area contributed by atoms with Crippen molar-refractivity contribution >= 4 is 16.5 Å². The second-order valence-corrected chi connectivity index (χ2v) is 6.06. The van der Waals surface area contributed by atoms with Crippen LogP contribution in [0.1, 0.15) is 46.2 Å². The normalized spacial score (nSPS) is 11.5. The van der Waals surface area contributed by atoms with E-state index in [2.05, 4.69) is 50.3 Å². The number of thiazole rings is 1. The Labute approximate surface area is 116 Å². The third-order valence-corrected chi connectivity index (χ3v) is 4.17. The quantitative estimate of drug-likeness (QED) is 0.783. The molecule has 0 bridgehead atoms. The Kier molecular flexibility index (Phi) is 6.65. The summed E-state index contributed by atoms with van der Waals surface area (Å²) >= 11 is 1.75. The van der Waals surface area contributed by atoms with Gasteiger partial charge in [0, 0.05) is 25.0 Å². The van der Waals surface area contributed by atoms with Crippen LogP contribution in [-0.2, 0) is 6.54 Å². The Morgan fingerprint density at radius 1 is 1.33 bits per heavy atom. The lowest BCUT2D eigenvalue weighted by molar-refractivity contribution is 0.548. The molecule has 18 heavy (non-hydrogen) atoms. The van der Waals surface area contributed by atoms with E-state index in [0.29, 0.717) is 12.0 Å². The van der Waals surface area contributed by atoms with Crippen molar-refractivity contribution in [2.45, 2.75) is 53.1 Å². The molecule has 0 atom stereocenters. The number of hydrogen-bond donors (Lipinski definition) is 1. The lowest BCUT2D eigenvalue weighted by atomic mass is 10.1. The highest BCUT2D eigenvalue weighted by Crippen LogP contribution is 2.23. The van der Waals surface area contributed by atoms with Gasteiger partial charge in [-0.1, -0.05) is 27.7 Å². The van der Waals surface area contributed by atoms with Crippen molar-refractivity contribution in [3.8, 4) is 0 Å². The number of rotatable bonds is 8. The lowest BCUT2D eigenvalue weighted by Crippen LogP contribution is -2.30. The van der Waals surface area contributed by atoms with E-state index >= 15 is 0 Å². The Balaban J connectivity index is 2.51. The van der Waals surface area contributed by atoms with Gasteiger partial charge in [-0.05, 0) is 25.3 Å². The summed E-state index contributed by atoms with van der Waals surface area (Å²) < 4.78 is 0. The summed E-state index contributed by atoms with van der Waals surface area (Å²) in [5.74, 6) is 0.690. The molecule has 0 fully saturated rings. The number of nitrogens with zero attached hydrogens (tertiary/aromatic N) is 2. The molecule has 1 aromatic rings. The zero-order valence-electron chi connectivity index (χ0n) is 12.4. The Morgan fingerprint density at radius 3 is 2.56 bits per heavy atom. The van der Waals surface area contributed by atoms with Gasteiger partial charge in [-0.2, -0.15) is 0 Å². The highest BCUT2D eigenvalue weighted by Gasteiger charge is 2.14. The SMILES string of the molecule is CCC(CC)N(C)c1nc(CNCC(C)C)cs1. The zero-order valence-corrected chi connectivity index (χ0v) is 13.2. The smallest absolute Gasteiger partial charge is 0.185 e. The topological polar surface area (TPSA) is 28.2 Å². The van der Waals surface area contributed by atoms with Crippen LogP contribution in [0, 0.1) is 5.92 Å². The molecule has 0 aromatic carbocycles. The van der Waals surface area contributed by atoms with Crippen LogP contribution in [-0.4, -0.2) is 24.6 Å². The largest absolute Gasteiger partial charge is 0.348 e. The average molecular weight is 269 g/mol. The van der Waals surface area contributed by atoms with E-state index in [-0.39, 0.29) is 0 Å². The minimum absolute atomic E-state index is 0.604. The van der Waals surface area contributed by atoms with Crippen LogP contribution >= 0.6 is 11.3 Å². The Bertz CT molecular complexity index is 332. The van der Waals surface area contributed by atoms with E-state index in [1.807, 2.05) is 0 Å². The van der Waals surface area contributed by atoms with E-state index in [4.69, 9.17) is 4.98 Å². The average Bonchev–Trinajstić information content (AvgIpc) is 2.78. The standard InChI is InChI=1S/C14H27N3S/c1-6-13(7-2)17(5)14-16-12(10-18-14)9-15-8-11(3)4/h10-11,13,15H,6-9H2,1-5H3. The molecule has 0 saturated heterocycles. The van der Waals surface area contributed by atoms with Crippen LogP contribution in [0.4, 0.5) is 5.13 Å². The van der Waals surface area contributed by atoms with E-state index in [0.717, 1.165) is 23.9 Å². The van der Waals surface area contributed by atoms with Gasteiger partial charge >= 0.3 is 0 Å². The van der Waals surface area contributed by atoms with Crippen LogP contribution in [0.25, 0.3) is 0 Å². The van der Waals surface area contributed by atoms with Gasteiger partial charge in [0.25, 0.3) is 0 Å². The summed E-state index contributed by atoms with van der Waals surface area (Å²) in [6.45, 7) is 10.9. The molecule has 4 heteroatoms. The lowest BCUT2D eigenvalue weighted by Gasteiger charge is -2.25. The summed E-state index contributed by atoms with van der Waals surface area (Å²) in [5, 5.41) is 6.75. The van der Waals surface area contributed by atoms with E-state index in [1.165, 1.54) is 12.8 Å². The fourth-order valence-electron chi connectivity index (χ4n) is 2.02. The van der Waals surface area contributed by atoms with Gasteiger partial charge in [-0.25, -0.2) is 4.98 Å². The summed E-state index contributed by atoms with van der Waals surface area (Å²) in [5.41, 5.74) is 1.16. The highest BCUT2D eigenvalue weighted by molar-refractivity contribution is 7.13. The number of hydrogen-bond acceptors (Lipinski definition) is 4. The fourth-order valence-corrected chi connectivity index (χ4v) is 2.88. The predicted octanol–water partition coefficient (Wildman–Crippen LogP) is 3.51. The minimum atomic E-state index is 0.604. The molecule has 3 nitrogen and oxygen atoms in total. The molecule has 0 aliphatic carbocycles. The van der Waals surface area contributed by atoms with Gasteiger partial charge in [0.15, 0.2) is 5.13 Å². The number of anilines is 1. The van der Waals surface area contributed by atoms with Crippen LogP contribution in [0.2, 0.25) is 0 Å². The Hall–Kier alpha value is -0.610. The van der Waals surface area contributed by atoms with E-state index in [1.54, 1.807) is 11.3 Å². The van der Waals surface area contributed by atoms with Crippen molar-refractivity contribution in [2.75, 3.05) is 18.5 Å². The van der Waals surface area contributed by atoms with Crippen LogP contribution in [0.15, 0.2) is 5.38 Å². The van der Waals surface area contributed by atoms with Gasteiger partial charge in [0.1, 0.15) is 0 Å². The summed E-state index contributed by atoms with van der Waals surface area (Å²) in [7, 11) is 2.15. The first kappa shape index (κ1) is 15.4. The second kappa shape index (κ2) is 7.74. The van der Waals surface area contributed by atoms with Gasteiger partial charge in [0.05, 0.1) is 5.69 Å². The van der Waals surface area contributed by atoms with Crippen molar-refractivity contribution in [1.29, 1.82) is 0 Å². The van der Waals surface area contributed by atoms with Gasteiger partial charge in [-0.15, -0.1) is 11.3 Å². The molecular formula is C14H27N3S. The first-order valence-electron chi connectivity index (χ1n) is 6.96. The predicted molar refractivity (Wildman–Crippen MR) is 81.4 cm³/mol. The maximum absolute atomic E-state index is 4.71. The molecule has 0 aliphatic heterocycles. The number of aromatic nitrogens is 1. The molecule has 0 aliphatic rings. The molecule has 1 N–H and O–H groups in total. The van der Waals surface area contributed by atoms with Crippen LogP contribution in [0.3, 0.4) is 0 Å². The molecule has 1 aromatic heterocycles. The molecule has 1 heterocycles. The van der Waals surface area contributed by atoms with E-state index in [9.17, 15) is 0 Å². The van der Waals surface area contributed by atoms with E-state index < -0.39 is 0 Å². The van der Waals surface area contributed by atoms with Gasteiger partial charge in [0.2, 0.25) is 0 Å². The summed E-state index contributed by atoms with van der Waals surface area (Å²) in [4.78, 5) is 7.02. The van der Waals surface area contributed by atoms with Crippen molar-refractivity contribution in [3.63, 3.8) is 0 Å². The van der Waals surface area contributed by atoms with Crippen LogP contribution < -0.4 is 10.2 Å². The molecule has 0 amide bonds. The molecule has 104 valence electrons. The molecular weight excluding hydrogens is 242 g/mol. The first-order valence-corrected chi connectivity index (χ1v) is 7.84. The van der Waals surface area contributed by atoms with Crippen LogP contribution in [0.5, 0.6) is 0 Å². The zero-order chi connectivity index (χ0) is 13.5. The minimum Gasteiger partial charge on any atom is -0.348 e. The number of nitrogens with one attached hydrogen (secondary N) is 1. The third kappa shape index (κ3) is 4.58. The maximum Gasteiger partial charge on any atom is 0.185 e. The van der Waals surface area contributed by atoms with Crippen molar-refractivity contribution < 1.29 is 0 Å².